The predicted octanol–water partition coefficient (Wildman–Crippen LogP) is 3.47. The second kappa shape index (κ2) is 8.03. The molecule has 5 aliphatic rings. The molecule has 33 heavy (non-hydrogen) atoms. The predicted molar refractivity (Wildman–Crippen MR) is 123 cm³/mol. The van der Waals surface area contributed by atoms with Crippen LogP contribution >= 0.6 is 0 Å². The second-order valence-corrected chi connectivity index (χ2v) is 11.0. The maximum atomic E-state index is 13.7. The van der Waals surface area contributed by atoms with Gasteiger partial charge in [-0.1, -0.05) is 12.1 Å². The van der Waals surface area contributed by atoms with Crippen LogP contribution in [0.25, 0.3) is 11.0 Å². The van der Waals surface area contributed by atoms with Crippen LogP contribution in [0.2, 0.25) is 0 Å². The van der Waals surface area contributed by atoms with E-state index in [1.807, 2.05) is 29.2 Å². The molecule has 0 radical (unpaired) electrons. The van der Waals surface area contributed by atoms with Gasteiger partial charge in [0.25, 0.3) is 0 Å². The van der Waals surface area contributed by atoms with Gasteiger partial charge in [0.2, 0.25) is 5.91 Å². The number of H-pyrrole nitrogens is 1. The summed E-state index contributed by atoms with van der Waals surface area (Å²) in [7, 11) is 0. The van der Waals surface area contributed by atoms with E-state index in [4.69, 9.17) is 4.74 Å². The SMILES string of the molecule is O=C(OCCCn1c(=O)[nH]c2ccccc21)C1CCCN1C(=O)C12CC3CC(CC(C3)C1)C2. The number of benzene rings is 1. The number of hydrogen-bond acceptors (Lipinski definition) is 4. The standard InChI is InChI=1S/C26H33N3O4/c30-23(33-10-4-9-29-21-6-2-1-5-20(21)27-25(29)32)22-7-3-8-28(22)24(31)26-14-17-11-18(15-26)13-19(12-17)16-26/h1-2,5-6,17-19,22H,3-4,7-16H2,(H,27,32). The van der Waals surface area contributed by atoms with Gasteiger partial charge in [-0.25, -0.2) is 9.59 Å². The number of ether oxygens (including phenoxy) is 1. The Kier molecular flexibility index (Phi) is 5.11. The summed E-state index contributed by atoms with van der Waals surface area (Å²) in [5.41, 5.74) is 1.31. The fraction of sp³-hybridized carbons (Fsp3) is 0.654. The van der Waals surface area contributed by atoms with Gasteiger partial charge in [0, 0.05) is 13.1 Å². The van der Waals surface area contributed by atoms with Crippen molar-refractivity contribution in [1.82, 2.24) is 14.5 Å². The minimum atomic E-state index is -0.443. The number of fused-ring (bicyclic) bond motifs is 1. The first-order valence-corrected chi connectivity index (χ1v) is 12.7. The number of aromatic amines is 1. The Bertz CT molecular complexity index is 1100. The summed E-state index contributed by atoms with van der Waals surface area (Å²) in [6.07, 6.45) is 9.09. The van der Waals surface area contributed by atoms with Gasteiger partial charge in [-0.3, -0.25) is 9.36 Å². The van der Waals surface area contributed by atoms with Gasteiger partial charge < -0.3 is 14.6 Å². The number of nitrogens with zero attached hydrogens (tertiary/aromatic N) is 2. The van der Waals surface area contributed by atoms with Crippen molar-refractivity contribution >= 4 is 22.9 Å². The van der Waals surface area contributed by atoms with Crippen LogP contribution in [0.4, 0.5) is 0 Å². The first-order valence-electron chi connectivity index (χ1n) is 12.7. The Hall–Kier alpha value is -2.57. The molecule has 7 rings (SSSR count). The summed E-state index contributed by atoms with van der Waals surface area (Å²) in [6.45, 7) is 1.41. The molecule has 1 aliphatic heterocycles. The largest absolute Gasteiger partial charge is 0.464 e. The highest BCUT2D eigenvalue weighted by Crippen LogP contribution is 2.60. The van der Waals surface area contributed by atoms with E-state index in [0.717, 1.165) is 36.7 Å². The monoisotopic (exact) mass is 451 g/mol. The van der Waals surface area contributed by atoms with Crippen LogP contribution in [-0.4, -0.2) is 45.5 Å². The normalized spacial score (nSPS) is 32.5. The molecule has 2 heterocycles. The molecule has 1 amide bonds. The van der Waals surface area contributed by atoms with Crippen molar-refractivity contribution in [2.75, 3.05) is 13.2 Å². The molecule has 1 aromatic heterocycles. The number of carbonyl (C=O) groups is 2. The molecule has 7 nitrogen and oxygen atoms in total. The number of carbonyl (C=O) groups excluding carboxylic acids is 2. The number of esters is 1. The number of hydrogen-bond donors (Lipinski definition) is 1. The summed E-state index contributed by atoms with van der Waals surface area (Å²) in [6, 6.07) is 7.14. The fourth-order valence-corrected chi connectivity index (χ4v) is 7.75. The second-order valence-electron chi connectivity index (χ2n) is 11.0. The van der Waals surface area contributed by atoms with Crippen LogP contribution in [0.15, 0.2) is 29.1 Å². The van der Waals surface area contributed by atoms with Crippen molar-refractivity contribution in [3.8, 4) is 0 Å². The zero-order valence-electron chi connectivity index (χ0n) is 19.1. The Balaban J connectivity index is 1.07. The molecule has 1 unspecified atom stereocenters. The molecule has 0 spiro atoms. The van der Waals surface area contributed by atoms with Crippen LogP contribution < -0.4 is 5.69 Å². The maximum Gasteiger partial charge on any atom is 0.328 e. The van der Waals surface area contributed by atoms with Crippen LogP contribution in [0, 0.1) is 23.2 Å². The molecule has 4 aliphatic carbocycles. The van der Waals surface area contributed by atoms with E-state index < -0.39 is 6.04 Å². The zero-order valence-corrected chi connectivity index (χ0v) is 19.1. The number of para-hydroxylation sites is 2. The lowest BCUT2D eigenvalue weighted by atomic mass is 9.49. The van der Waals surface area contributed by atoms with Crippen molar-refractivity contribution in [3.05, 3.63) is 34.7 Å². The van der Waals surface area contributed by atoms with Crippen molar-refractivity contribution in [3.63, 3.8) is 0 Å². The smallest absolute Gasteiger partial charge is 0.328 e. The average molecular weight is 452 g/mol. The van der Waals surface area contributed by atoms with Crippen molar-refractivity contribution in [2.45, 2.75) is 70.4 Å². The number of imidazole rings is 1. The van der Waals surface area contributed by atoms with Crippen LogP contribution in [0.5, 0.6) is 0 Å². The Morgan fingerprint density at radius 1 is 1.06 bits per heavy atom. The van der Waals surface area contributed by atoms with Gasteiger partial charge in [0.05, 0.1) is 23.1 Å². The lowest BCUT2D eigenvalue weighted by Crippen LogP contribution is -2.56. The Morgan fingerprint density at radius 2 is 1.76 bits per heavy atom. The van der Waals surface area contributed by atoms with E-state index in [9.17, 15) is 14.4 Å². The van der Waals surface area contributed by atoms with Gasteiger partial charge >= 0.3 is 11.7 Å². The average Bonchev–Trinajstić information content (AvgIpc) is 3.39. The van der Waals surface area contributed by atoms with E-state index in [1.54, 1.807) is 4.57 Å². The molecule has 2 aromatic rings. The van der Waals surface area contributed by atoms with Gasteiger partial charge in [-0.15, -0.1) is 0 Å². The fourth-order valence-electron chi connectivity index (χ4n) is 7.75. The van der Waals surface area contributed by atoms with Gasteiger partial charge in [0.1, 0.15) is 6.04 Å². The molecular formula is C26H33N3O4. The number of aromatic nitrogens is 2. The quantitative estimate of drug-likeness (QED) is 0.538. The molecule has 1 atom stereocenters. The number of nitrogens with one attached hydrogen (secondary N) is 1. The van der Waals surface area contributed by atoms with Crippen LogP contribution in [0.3, 0.4) is 0 Å². The lowest BCUT2D eigenvalue weighted by molar-refractivity contribution is -0.165. The third-order valence-electron chi connectivity index (χ3n) is 8.73. The summed E-state index contributed by atoms with van der Waals surface area (Å²) in [5, 5.41) is 0. The van der Waals surface area contributed by atoms with Crippen molar-refractivity contribution in [1.29, 1.82) is 0 Å². The molecular weight excluding hydrogens is 418 g/mol. The van der Waals surface area contributed by atoms with Gasteiger partial charge in [-0.2, -0.15) is 0 Å². The summed E-state index contributed by atoms with van der Waals surface area (Å²) >= 11 is 0. The van der Waals surface area contributed by atoms with E-state index in [-0.39, 0.29) is 29.6 Å². The first-order chi connectivity index (χ1) is 16.0. The summed E-state index contributed by atoms with van der Waals surface area (Å²) in [4.78, 5) is 43.6. The highest BCUT2D eigenvalue weighted by molar-refractivity contribution is 5.89. The van der Waals surface area contributed by atoms with Gasteiger partial charge in [0.15, 0.2) is 0 Å². The molecule has 5 fully saturated rings. The van der Waals surface area contributed by atoms with Gasteiger partial charge in [-0.05, 0) is 87.7 Å². The molecule has 7 heteroatoms. The number of aryl methyl sites for hydroxylation is 1. The molecule has 4 saturated carbocycles. The van der Waals surface area contributed by atoms with Crippen LogP contribution in [0.1, 0.15) is 57.8 Å². The lowest BCUT2D eigenvalue weighted by Gasteiger charge is -2.56. The number of likely N-dealkylation sites (tertiary alicyclic amines) is 1. The molecule has 176 valence electrons. The minimum Gasteiger partial charge on any atom is -0.464 e. The molecule has 1 N–H and O–H groups in total. The Labute approximate surface area is 193 Å². The van der Waals surface area contributed by atoms with Crippen LogP contribution in [-0.2, 0) is 20.9 Å². The maximum absolute atomic E-state index is 13.7. The van der Waals surface area contributed by atoms with E-state index in [1.165, 1.54) is 19.3 Å². The number of amides is 1. The van der Waals surface area contributed by atoms with Crippen molar-refractivity contribution in [2.24, 2.45) is 23.2 Å². The zero-order chi connectivity index (χ0) is 22.6. The summed E-state index contributed by atoms with van der Waals surface area (Å²) in [5.74, 6) is 2.08. The highest BCUT2D eigenvalue weighted by atomic mass is 16.5. The Morgan fingerprint density at radius 3 is 2.48 bits per heavy atom. The number of rotatable bonds is 6. The topological polar surface area (TPSA) is 84.4 Å². The minimum absolute atomic E-state index is 0.148. The molecule has 1 aromatic carbocycles. The summed E-state index contributed by atoms with van der Waals surface area (Å²) < 4.78 is 7.30. The third kappa shape index (κ3) is 3.60. The molecule has 4 bridgehead atoms. The van der Waals surface area contributed by atoms with E-state index in [0.29, 0.717) is 43.7 Å². The highest BCUT2D eigenvalue weighted by Gasteiger charge is 2.56. The van der Waals surface area contributed by atoms with E-state index >= 15 is 0 Å². The third-order valence-corrected chi connectivity index (χ3v) is 8.73. The van der Waals surface area contributed by atoms with Crippen molar-refractivity contribution < 1.29 is 14.3 Å². The van der Waals surface area contributed by atoms with E-state index in [2.05, 4.69) is 4.98 Å². The first kappa shape index (κ1) is 21.0. The molecule has 1 saturated heterocycles.